The minimum Gasteiger partial charge on any atom is -0.508 e. The van der Waals surface area contributed by atoms with Crippen LogP contribution in [0.1, 0.15) is 44.1 Å². The number of benzene rings is 1. The van der Waals surface area contributed by atoms with Gasteiger partial charge in [0.2, 0.25) is 0 Å². The van der Waals surface area contributed by atoms with Gasteiger partial charge in [-0.05, 0) is 49.1 Å². The van der Waals surface area contributed by atoms with Gasteiger partial charge in [0, 0.05) is 5.41 Å². The lowest BCUT2D eigenvalue weighted by Gasteiger charge is -2.40. The Morgan fingerprint density at radius 3 is 2.33 bits per heavy atom. The lowest BCUT2D eigenvalue weighted by atomic mass is 9.64. The Labute approximate surface area is 126 Å². The van der Waals surface area contributed by atoms with E-state index in [1.807, 2.05) is 12.2 Å². The molecule has 3 rings (SSSR count). The average molecular weight is 282 g/mol. The number of hydrogen-bond donors (Lipinski definition) is 2. The van der Waals surface area contributed by atoms with Gasteiger partial charge in [0.25, 0.3) is 0 Å². The van der Waals surface area contributed by atoms with Crippen LogP contribution < -0.4 is 0 Å². The van der Waals surface area contributed by atoms with Gasteiger partial charge in [0.1, 0.15) is 11.5 Å². The summed E-state index contributed by atoms with van der Waals surface area (Å²) in [7, 11) is 0. The van der Waals surface area contributed by atoms with E-state index in [1.165, 1.54) is 30.4 Å². The van der Waals surface area contributed by atoms with Gasteiger partial charge in [-0.3, -0.25) is 0 Å². The van der Waals surface area contributed by atoms with Crippen LogP contribution in [0.25, 0.3) is 0 Å². The fraction of sp³-hybridized carbons (Fsp3) is 0.368. The molecule has 110 valence electrons. The maximum atomic E-state index is 9.70. The first kappa shape index (κ1) is 14.0. The zero-order valence-electron chi connectivity index (χ0n) is 12.3. The quantitative estimate of drug-likeness (QED) is 0.808. The second-order valence-electron chi connectivity index (χ2n) is 6.07. The van der Waals surface area contributed by atoms with Crippen molar-refractivity contribution >= 4 is 0 Å². The van der Waals surface area contributed by atoms with Gasteiger partial charge in [0.05, 0.1) is 0 Å². The van der Waals surface area contributed by atoms with Crippen LogP contribution in [-0.4, -0.2) is 10.2 Å². The molecule has 0 saturated heterocycles. The van der Waals surface area contributed by atoms with Crippen molar-refractivity contribution in [3.05, 3.63) is 65.5 Å². The SMILES string of the molecule is OC1=CCC(C2(c3ccc(O)cc3)CCCCC2)=CC=C1. The van der Waals surface area contributed by atoms with Gasteiger partial charge in [-0.1, -0.05) is 49.1 Å². The molecule has 0 aromatic heterocycles. The topological polar surface area (TPSA) is 40.5 Å². The molecule has 2 aliphatic rings. The van der Waals surface area contributed by atoms with Crippen molar-refractivity contribution in [3.8, 4) is 5.75 Å². The lowest BCUT2D eigenvalue weighted by Crippen LogP contribution is -2.31. The van der Waals surface area contributed by atoms with Crippen LogP contribution in [0.3, 0.4) is 0 Å². The largest absolute Gasteiger partial charge is 0.508 e. The zero-order valence-corrected chi connectivity index (χ0v) is 12.3. The predicted octanol–water partition coefficient (Wildman–Crippen LogP) is 4.92. The van der Waals surface area contributed by atoms with E-state index in [1.54, 1.807) is 18.2 Å². The number of rotatable bonds is 2. The molecule has 0 amide bonds. The molecule has 0 radical (unpaired) electrons. The minimum atomic E-state index is 0.0530. The van der Waals surface area contributed by atoms with E-state index in [4.69, 9.17) is 0 Å². The molecule has 2 aliphatic carbocycles. The van der Waals surface area contributed by atoms with Crippen LogP contribution >= 0.6 is 0 Å². The molecule has 2 N–H and O–H groups in total. The van der Waals surface area contributed by atoms with Crippen LogP contribution in [0, 0.1) is 0 Å². The Morgan fingerprint density at radius 2 is 1.62 bits per heavy atom. The standard InChI is InChI=1S/C19H22O2/c20-17-6-4-5-15(7-10-17)19(13-2-1-3-14-19)16-8-11-18(21)12-9-16/h4-6,8-12,20-21H,1-3,7,13-14H2. The minimum absolute atomic E-state index is 0.0530. The van der Waals surface area contributed by atoms with Crippen LogP contribution in [0.15, 0.2) is 59.9 Å². The summed E-state index contributed by atoms with van der Waals surface area (Å²) < 4.78 is 0. The first-order chi connectivity index (χ1) is 10.2. The Kier molecular flexibility index (Phi) is 3.87. The molecule has 1 fully saturated rings. The maximum Gasteiger partial charge on any atom is 0.115 e. The summed E-state index contributed by atoms with van der Waals surface area (Å²) in [5.74, 6) is 0.662. The predicted molar refractivity (Wildman–Crippen MR) is 85.4 cm³/mol. The van der Waals surface area contributed by atoms with Crippen LogP contribution in [0.2, 0.25) is 0 Å². The van der Waals surface area contributed by atoms with Gasteiger partial charge in [0.15, 0.2) is 0 Å². The monoisotopic (exact) mass is 282 g/mol. The van der Waals surface area contributed by atoms with Crippen molar-refractivity contribution < 1.29 is 10.2 Å². The molecule has 0 bridgehead atoms. The highest BCUT2D eigenvalue weighted by molar-refractivity contribution is 5.43. The van der Waals surface area contributed by atoms with E-state index in [-0.39, 0.29) is 5.41 Å². The number of phenols is 1. The second kappa shape index (κ2) is 5.80. The van der Waals surface area contributed by atoms with Crippen molar-refractivity contribution in [2.24, 2.45) is 0 Å². The van der Waals surface area contributed by atoms with Crippen molar-refractivity contribution in [1.29, 1.82) is 0 Å². The molecule has 1 aromatic rings. The summed E-state index contributed by atoms with van der Waals surface area (Å²) in [5.41, 5.74) is 2.71. The number of aliphatic hydroxyl groups is 1. The molecule has 0 heterocycles. The summed E-state index contributed by atoms with van der Waals surface area (Å²) in [6, 6.07) is 7.68. The summed E-state index contributed by atoms with van der Waals surface area (Å²) in [6.07, 6.45) is 14.6. The molecule has 0 unspecified atom stereocenters. The van der Waals surface area contributed by atoms with Gasteiger partial charge >= 0.3 is 0 Å². The molecule has 0 atom stereocenters. The van der Waals surface area contributed by atoms with Crippen molar-refractivity contribution in [1.82, 2.24) is 0 Å². The molecule has 2 nitrogen and oxygen atoms in total. The zero-order chi connectivity index (χ0) is 14.7. The van der Waals surface area contributed by atoms with E-state index in [9.17, 15) is 10.2 Å². The van der Waals surface area contributed by atoms with Crippen molar-refractivity contribution in [3.63, 3.8) is 0 Å². The highest BCUT2D eigenvalue weighted by atomic mass is 16.3. The van der Waals surface area contributed by atoms with Crippen molar-refractivity contribution in [2.45, 2.75) is 43.9 Å². The summed E-state index contributed by atoms with van der Waals surface area (Å²) in [6.45, 7) is 0. The fourth-order valence-electron chi connectivity index (χ4n) is 3.70. The van der Waals surface area contributed by atoms with Gasteiger partial charge in [-0.2, -0.15) is 0 Å². The molecule has 2 heteroatoms. The highest BCUT2D eigenvalue weighted by Crippen LogP contribution is 2.47. The molecular weight excluding hydrogens is 260 g/mol. The number of aliphatic hydroxyl groups excluding tert-OH is 1. The van der Waals surface area contributed by atoms with E-state index < -0.39 is 0 Å². The van der Waals surface area contributed by atoms with Crippen LogP contribution in [0.5, 0.6) is 5.75 Å². The normalized spacial score (nSPS) is 21.3. The average Bonchev–Trinajstić information content (AvgIpc) is 2.74. The second-order valence-corrected chi connectivity index (χ2v) is 6.07. The number of phenolic OH excluding ortho intramolecular Hbond substituents is 1. The van der Waals surface area contributed by atoms with Crippen LogP contribution in [-0.2, 0) is 5.41 Å². The summed E-state index contributed by atoms with van der Waals surface area (Å²) in [5, 5.41) is 19.3. The lowest BCUT2D eigenvalue weighted by molar-refractivity contribution is 0.335. The Morgan fingerprint density at radius 1 is 0.905 bits per heavy atom. The maximum absolute atomic E-state index is 9.70. The molecule has 0 aliphatic heterocycles. The van der Waals surface area contributed by atoms with E-state index in [2.05, 4.69) is 18.2 Å². The number of hydrogen-bond acceptors (Lipinski definition) is 2. The van der Waals surface area contributed by atoms with E-state index in [0.29, 0.717) is 11.5 Å². The van der Waals surface area contributed by atoms with Gasteiger partial charge < -0.3 is 10.2 Å². The molecular formula is C19H22O2. The first-order valence-electron chi connectivity index (χ1n) is 7.77. The molecule has 1 saturated carbocycles. The third-order valence-corrected chi connectivity index (χ3v) is 4.84. The van der Waals surface area contributed by atoms with Gasteiger partial charge in [-0.25, -0.2) is 0 Å². The molecule has 21 heavy (non-hydrogen) atoms. The molecule has 0 spiro atoms. The van der Waals surface area contributed by atoms with Gasteiger partial charge in [-0.15, -0.1) is 0 Å². The first-order valence-corrected chi connectivity index (χ1v) is 7.77. The smallest absolute Gasteiger partial charge is 0.115 e. The Bertz CT molecular complexity index is 582. The third-order valence-electron chi connectivity index (χ3n) is 4.84. The van der Waals surface area contributed by atoms with E-state index >= 15 is 0 Å². The number of allylic oxidation sites excluding steroid dienone is 5. The van der Waals surface area contributed by atoms with E-state index in [0.717, 1.165) is 19.3 Å². The fourth-order valence-corrected chi connectivity index (χ4v) is 3.70. The number of aromatic hydroxyl groups is 1. The summed E-state index contributed by atoms with van der Waals surface area (Å²) in [4.78, 5) is 0. The third kappa shape index (κ3) is 2.76. The Balaban J connectivity index is 2.03. The highest BCUT2D eigenvalue weighted by Gasteiger charge is 2.36. The van der Waals surface area contributed by atoms with Crippen LogP contribution in [0.4, 0.5) is 0 Å². The summed E-state index contributed by atoms with van der Waals surface area (Å²) >= 11 is 0. The molecule has 1 aromatic carbocycles. The Hall–Kier alpha value is -1.96. The van der Waals surface area contributed by atoms with Crippen molar-refractivity contribution in [2.75, 3.05) is 0 Å².